The summed E-state index contributed by atoms with van der Waals surface area (Å²) in [6.07, 6.45) is 3.18. The van der Waals surface area contributed by atoms with Gasteiger partial charge in [0.05, 0.1) is 12.9 Å². The van der Waals surface area contributed by atoms with Crippen LogP contribution in [0.1, 0.15) is 16.7 Å². The summed E-state index contributed by atoms with van der Waals surface area (Å²) in [5.74, 6) is 2.48. The summed E-state index contributed by atoms with van der Waals surface area (Å²) >= 11 is 1.65. The Bertz CT molecular complexity index is 1410. The molecule has 0 saturated heterocycles. The molecule has 3 aromatic rings. The fourth-order valence-corrected chi connectivity index (χ4v) is 7.35. The Balaban J connectivity index is 1.53. The van der Waals surface area contributed by atoms with Gasteiger partial charge in [0.25, 0.3) is 0 Å². The molecule has 0 fully saturated rings. The van der Waals surface area contributed by atoms with E-state index in [-0.39, 0.29) is 17.0 Å². The molecule has 0 aliphatic rings. The first-order valence-corrected chi connectivity index (χ1v) is 24.1. The lowest BCUT2D eigenvalue weighted by molar-refractivity contribution is -0.134. The van der Waals surface area contributed by atoms with Gasteiger partial charge in [-0.15, -0.1) is 11.8 Å². The summed E-state index contributed by atoms with van der Waals surface area (Å²) < 4.78 is 45.1. The Hall–Kier alpha value is -2.74. The molecule has 1 unspecified atom stereocenters. The maximum absolute atomic E-state index is 13.1. The lowest BCUT2D eigenvalue weighted by Gasteiger charge is -2.23. The van der Waals surface area contributed by atoms with Crippen LogP contribution < -0.4 is 13.3 Å². The van der Waals surface area contributed by atoms with E-state index in [1.54, 1.807) is 36.0 Å². The van der Waals surface area contributed by atoms with Crippen molar-refractivity contribution < 1.29 is 31.0 Å². The zero-order valence-electron chi connectivity index (χ0n) is 26.2. The molecule has 234 valence electrons. The normalized spacial score (nSPS) is 12.8. The Morgan fingerprint density at radius 2 is 1.23 bits per heavy atom. The third kappa shape index (κ3) is 14.1. The van der Waals surface area contributed by atoms with Crippen molar-refractivity contribution in [2.45, 2.75) is 63.8 Å². The predicted molar refractivity (Wildman–Crippen MR) is 181 cm³/mol. The third-order valence-corrected chi connectivity index (χ3v) is 9.26. The molecule has 7 nitrogen and oxygen atoms in total. The molecular formula is C32H44O7S2Si2. The van der Waals surface area contributed by atoms with E-state index in [0.29, 0.717) is 25.2 Å². The Morgan fingerprint density at radius 1 is 0.721 bits per heavy atom. The van der Waals surface area contributed by atoms with Crippen molar-refractivity contribution in [2.75, 3.05) is 18.6 Å². The fraction of sp³-hybridized carbons (Fsp3) is 0.406. The van der Waals surface area contributed by atoms with E-state index in [2.05, 4.69) is 56.0 Å². The number of aryl methyl sites for hydroxylation is 1. The van der Waals surface area contributed by atoms with Gasteiger partial charge in [-0.1, -0.05) is 36.4 Å². The minimum absolute atomic E-state index is 0.131. The summed E-state index contributed by atoms with van der Waals surface area (Å²) in [7, 11) is -7.21. The minimum Gasteiger partial charge on any atom is -0.544 e. The molecule has 11 heteroatoms. The van der Waals surface area contributed by atoms with E-state index in [1.807, 2.05) is 31.8 Å². The van der Waals surface area contributed by atoms with Gasteiger partial charge in [-0.05, 0) is 111 Å². The zero-order chi connectivity index (χ0) is 31.7. The molecule has 0 aliphatic carbocycles. The van der Waals surface area contributed by atoms with Crippen LogP contribution in [-0.4, -0.2) is 54.9 Å². The molecule has 0 saturated carbocycles. The highest BCUT2D eigenvalue weighted by Gasteiger charge is 2.27. The summed E-state index contributed by atoms with van der Waals surface area (Å²) in [6, 6.07) is 23.0. The first kappa shape index (κ1) is 34.8. The molecule has 1 atom stereocenters. The molecule has 0 N–H and O–H groups in total. The summed E-state index contributed by atoms with van der Waals surface area (Å²) in [5, 5.41) is -0.273. The molecule has 43 heavy (non-hydrogen) atoms. The molecule has 0 spiro atoms. The molecule has 0 amide bonds. The van der Waals surface area contributed by atoms with E-state index in [0.717, 1.165) is 35.3 Å². The van der Waals surface area contributed by atoms with Gasteiger partial charge < -0.3 is 17.8 Å². The number of carbonyl (C=O) groups is 1. The highest BCUT2D eigenvalue weighted by Crippen LogP contribution is 2.24. The van der Waals surface area contributed by atoms with Gasteiger partial charge in [0, 0.05) is 6.42 Å². The molecule has 0 aromatic heterocycles. The average molecular weight is 661 g/mol. The summed E-state index contributed by atoms with van der Waals surface area (Å²) in [6.45, 7) is 13.1. The topological polar surface area (TPSA) is 88.1 Å². The number of benzene rings is 3. The molecule has 0 aliphatic heterocycles. The monoisotopic (exact) mass is 660 g/mol. The number of hydrogen-bond donors (Lipinski definition) is 0. The Kier molecular flexibility index (Phi) is 12.4. The van der Waals surface area contributed by atoms with Gasteiger partial charge >= 0.3 is 16.1 Å². The molecule has 0 heterocycles. The summed E-state index contributed by atoms with van der Waals surface area (Å²) in [5.41, 5.74) is 3.43. The largest absolute Gasteiger partial charge is 0.544 e. The van der Waals surface area contributed by atoms with Crippen LogP contribution >= 0.6 is 11.8 Å². The molecular weight excluding hydrogens is 617 g/mol. The molecule has 0 bridgehead atoms. The number of ether oxygens (including phenoxy) is 1. The van der Waals surface area contributed by atoms with Crippen LogP contribution in [0.3, 0.4) is 0 Å². The first-order valence-electron chi connectivity index (χ1n) is 14.4. The second-order valence-electron chi connectivity index (χ2n) is 12.4. The van der Waals surface area contributed by atoms with Crippen LogP contribution in [0, 0.1) is 0 Å². The van der Waals surface area contributed by atoms with Crippen molar-refractivity contribution in [3.05, 3.63) is 89.5 Å². The second kappa shape index (κ2) is 15.3. The number of thioether (sulfide) groups is 1. The van der Waals surface area contributed by atoms with Gasteiger partial charge in [-0.3, -0.25) is 4.79 Å². The molecule has 3 rings (SSSR count). The van der Waals surface area contributed by atoms with Gasteiger partial charge in [0.1, 0.15) is 22.5 Å². The molecule has 3 aromatic carbocycles. The van der Waals surface area contributed by atoms with Crippen molar-refractivity contribution in [1.82, 2.24) is 0 Å². The predicted octanol–water partition coefficient (Wildman–Crippen LogP) is 7.13. The fourth-order valence-electron chi connectivity index (χ4n) is 4.08. The van der Waals surface area contributed by atoms with Crippen LogP contribution in [0.5, 0.6) is 17.2 Å². The minimum atomic E-state index is -3.56. The number of hydrogen-bond acceptors (Lipinski definition) is 8. The van der Waals surface area contributed by atoms with Crippen LogP contribution in [-0.2, 0) is 38.6 Å². The second-order valence-corrected chi connectivity index (χ2v) is 24.1. The van der Waals surface area contributed by atoms with Crippen molar-refractivity contribution in [3.8, 4) is 17.2 Å². The third-order valence-electron chi connectivity index (χ3n) is 5.90. The van der Waals surface area contributed by atoms with Crippen LogP contribution in [0.25, 0.3) is 0 Å². The van der Waals surface area contributed by atoms with Crippen molar-refractivity contribution in [3.63, 3.8) is 0 Å². The summed E-state index contributed by atoms with van der Waals surface area (Å²) in [4.78, 5) is 13.1. The lowest BCUT2D eigenvalue weighted by Crippen LogP contribution is -2.35. The SMILES string of the molecule is C[Si](C)(C)OC(=O)C(Cc1ccc(CCOc2ccc(OS(C)(=O)=O)cc2)cc1)SCCc1ccc(O[Si](C)(C)C)cc1. The Morgan fingerprint density at radius 3 is 1.79 bits per heavy atom. The maximum atomic E-state index is 13.1. The van der Waals surface area contributed by atoms with E-state index in [9.17, 15) is 13.2 Å². The smallest absolute Gasteiger partial charge is 0.306 e. The standard InChI is InChI=1S/C32H44O7S2Si2/c1-41(34,35)37-29-18-16-28(17-19-29)36-22-20-25-8-10-27(11-9-25)24-31(32(33)39-43(5,6)7)40-23-21-26-12-14-30(15-13-26)38-42(2,3)4/h8-19,31H,20-24H2,1-7H3. The number of rotatable bonds is 16. The van der Waals surface area contributed by atoms with Crippen molar-refractivity contribution in [1.29, 1.82) is 0 Å². The van der Waals surface area contributed by atoms with E-state index < -0.39 is 26.8 Å². The van der Waals surface area contributed by atoms with Gasteiger partial charge in [-0.2, -0.15) is 8.42 Å². The van der Waals surface area contributed by atoms with E-state index in [4.69, 9.17) is 17.8 Å². The van der Waals surface area contributed by atoms with Crippen LogP contribution in [0.15, 0.2) is 72.8 Å². The lowest BCUT2D eigenvalue weighted by atomic mass is 10.1. The number of carbonyl (C=O) groups excluding carboxylic acids is 1. The van der Waals surface area contributed by atoms with Gasteiger partial charge in [-0.25, -0.2) is 0 Å². The first-order chi connectivity index (χ1) is 20.0. The highest BCUT2D eigenvalue weighted by atomic mass is 32.2. The van der Waals surface area contributed by atoms with Crippen molar-refractivity contribution >= 4 is 44.5 Å². The van der Waals surface area contributed by atoms with Crippen LogP contribution in [0.4, 0.5) is 0 Å². The molecule has 0 radical (unpaired) electrons. The Labute approximate surface area is 263 Å². The van der Waals surface area contributed by atoms with Crippen molar-refractivity contribution in [2.24, 2.45) is 0 Å². The van der Waals surface area contributed by atoms with E-state index >= 15 is 0 Å². The average Bonchev–Trinajstić information content (AvgIpc) is 2.88. The van der Waals surface area contributed by atoms with Gasteiger partial charge in [0.2, 0.25) is 16.6 Å². The maximum Gasteiger partial charge on any atom is 0.306 e. The van der Waals surface area contributed by atoms with E-state index in [1.165, 1.54) is 5.56 Å². The highest BCUT2D eigenvalue weighted by molar-refractivity contribution is 8.00. The van der Waals surface area contributed by atoms with Crippen LogP contribution in [0.2, 0.25) is 39.3 Å². The zero-order valence-corrected chi connectivity index (χ0v) is 29.8. The quantitative estimate of drug-likeness (QED) is 0.119. The van der Waals surface area contributed by atoms with Gasteiger partial charge in [0.15, 0.2) is 0 Å².